The van der Waals surface area contributed by atoms with E-state index in [2.05, 4.69) is 36.2 Å². The first-order chi connectivity index (χ1) is 5.88. The van der Waals surface area contributed by atoms with E-state index >= 15 is 0 Å². The van der Waals surface area contributed by atoms with Crippen molar-refractivity contribution in [1.29, 1.82) is 0 Å². The van der Waals surface area contributed by atoms with Gasteiger partial charge >= 0.3 is 0 Å². The van der Waals surface area contributed by atoms with E-state index in [1.165, 1.54) is 16.7 Å². The molecule has 1 heteroatoms. The van der Waals surface area contributed by atoms with Crippen LogP contribution in [0.5, 0.6) is 0 Å². The zero-order valence-corrected chi connectivity index (χ0v) is 7.12. The van der Waals surface area contributed by atoms with Crippen molar-refractivity contribution in [3.8, 4) is 0 Å². The van der Waals surface area contributed by atoms with Crippen molar-refractivity contribution in [1.82, 2.24) is 4.98 Å². The first kappa shape index (κ1) is 7.29. The summed E-state index contributed by atoms with van der Waals surface area (Å²) in [6, 6.07) is 4.10. The van der Waals surface area contributed by atoms with Crippen molar-refractivity contribution in [3.63, 3.8) is 0 Å². The maximum atomic E-state index is 4.00. The van der Waals surface area contributed by atoms with Crippen molar-refractivity contribution < 1.29 is 0 Å². The monoisotopic (exact) mass is 157 g/mol. The first-order valence-corrected chi connectivity index (χ1v) is 4.15. The predicted molar refractivity (Wildman–Crippen MR) is 50.6 cm³/mol. The highest BCUT2D eigenvalue weighted by molar-refractivity contribution is 5.80. The smallest absolute Gasteiger partial charge is 0.0273 e. The van der Waals surface area contributed by atoms with Crippen LogP contribution in [0.4, 0.5) is 0 Å². The third-order valence-electron chi connectivity index (χ3n) is 2.16. The van der Waals surface area contributed by atoms with Crippen LogP contribution in [-0.4, -0.2) is 4.98 Å². The summed E-state index contributed by atoms with van der Waals surface area (Å²) in [5, 5.41) is 0. The molecule has 2 rings (SSSR count). The molecular weight excluding hydrogens is 146 g/mol. The first-order valence-electron chi connectivity index (χ1n) is 4.15. The second kappa shape index (κ2) is 2.94. The zero-order valence-electron chi connectivity index (χ0n) is 7.12. The molecule has 0 radical (unpaired) electrons. The van der Waals surface area contributed by atoms with Gasteiger partial charge in [0.2, 0.25) is 0 Å². The van der Waals surface area contributed by atoms with Gasteiger partial charge in [-0.1, -0.05) is 12.2 Å². The van der Waals surface area contributed by atoms with Gasteiger partial charge in [-0.2, -0.15) is 0 Å². The quantitative estimate of drug-likeness (QED) is 0.610. The lowest BCUT2D eigenvalue weighted by atomic mass is 10.0. The van der Waals surface area contributed by atoms with Crippen LogP contribution in [0.3, 0.4) is 0 Å². The Morgan fingerprint density at radius 2 is 1.92 bits per heavy atom. The van der Waals surface area contributed by atoms with Gasteiger partial charge in [-0.3, -0.25) is 4.98 Å². The third-order valence-corrected chi connectivity index (χ3v) is 2.16. The Kier molecular flexibility index (Phi) is 1.78. The summed E-state index contributed by atoms with van der Waals surface area (Å²) in [4.78, 5) is 4.00. The highest BCUT2D eigenvalue weighted by atomic mass is 14.6. The normalized spacial score (nSPS) is 15.8. The maximum absolute atomic E-state index is 4.00. The number of rotatable bonds is 1. The van der Waals surface area contributed by atoms with Crippen LogP contribution in [0, 0.1) is 0 Å². The average Bonchev–Trinajstić information content (AvgIpc) is 2.53. The Hall–Kier alpha value is -1.37. The molecule has 0 saturated heterocycles. The summed E-state index contributed by atoms with van der Waals surface area (Å²) < 4.78 is 0. The Labute approximate surface area is 72.5 Å². The second-order valence-corrected chi connectivity index (χ2v) is 2.98. The van der Waals surface area contributed by atoms with Gasteiger partial charge in [0.25, 0.3) is 0 Å². The molecule has 0 N–H and O–H groups in total. The molecule has 0 saturated carbocycles. The van der Waals surface area contributed by atoms with Gasteiger partial charge < -0.3 is 0 Å². The number of nitrogens with zero attached hydrogens (tertiary/aromatic N) is 1. The Bertz CT molecular complexity index is 333. The molecule has 0 fully saturated rings. The van der Waals surface area contributed by atoms with Crippen LogP contribution < -0.4 is 0 Å². The Morgan fingerprint density at radius 3 is 2.50 bits per heavy atom. The molecule has 0 amide bonds. The molecule has 12 heavy (non-hydrogen) atoms. The summed E-state index contributed by atoms with van der Waals surface area (Å²) in [6.45, 7) is 2.15. The van der Waals surface area contributed by atoms with Crippen molar-refractivity contribution >= 4 is 5.57 Å². The zero-order chi connectivity index (χ0) is 8.39. The van der Waals surface area contributed by atoms with E-state index in [1.54, 1.807) is 0 Å². The standard InChI is InChI=1S/C11H11N/c1-9-3-2-4-11(9)10-5-7-12-8-6-10/h3-8H,2H2,1H3. The minimum absolute atomic E-state index is 1.07. The molecular formula is C11H11N. The van der Waals surface area contributed by atoms with Gasteiger partial charge in [-0.25, -0.2) is 0 Å². The Balaban J connectivity index is 2.39. The van der Waals surface area contributed by atoms with Crippen molar-refractivity contribution in [2.24, 2.45) is 0 Å². The van der Waals surface area contributed by atoms with Gasteiger partial charge in [0.15, 0.2) is 0 Å². The van der Waals surface area contributed by atoms with Crippen molar-refractivity contribution in [3.05, 3.63) is 47.8 Å². The summed E-state index contributed by atoms with van der Waals surface area (Å²) in [5.41, 5.74) is 4.01. The average molecular weight is 157 g/mol. The SMILES string of the molecule is CC1=CCC=C1c1ccncc1. The topological polar surface area (TPSA) is 12.9 Å². The molecule has 0 bridgehead atoms. The van der Waals surface area contributed by atoms with Crippen LogP contribution in [0.25, 0.3) is 5.57 Å². The molecule has 1 aliphatic carbocycles. The molecule has 0 unspecified atom stereocenters. The third kappa shape index (κ3) is 1.18. The lowest BCUT2D eigenvalue weighted by Gasteiger charge is -2.02. The minimum Gasteiger partial charge on any atom is -0.265 e. The molecule has 1 aromatic heterocycles. The fourth-order valence-corrected chi connectivity index (χ4v) is 1.50. The summed E-state index contributed by atoms with van der Waals surface area (Å²) in [7, 11) is 0. The largest absolute Gasteiger partial charge is 0.265 e. The van der Waals surface area contributed by atoms with Crippen molar-refractivity contribution in [2.75, 3.05) is 0 Å². The fourth-order valence-electron chi connectivity index (χ4n) is 1.50. The van der Waals surface area contributed by atoms with Gasteiger partial charge in [0, 0.05) is 12.4 Å². The van der Waals surface area contributed by atoms with E-state index in [-0.39, 0.29) is 0 Å². The number of pyridine rings is 1. The molecule has 1 heterocycles. The van der Waals surface area contributed by atoms with E-state index in [4.69, 9.17) is 0 Å². The summed E-state index contributed by atoms with van der Waals surface area (Å²) >= 11 is 0. The van der Waals surface area contributed by atoms with Gasteiger partial charge in [0.05, 0.1) is 0 Å². The van der Waals surface area contributed by atoms with E-state index in [9.17, 15) is 0 Å². The molecule has 0 aliphatic heterocycles. The molecule has 0 aromatic carbocycles. The van der Waals surface area contributed by atoms with Crippen LogP contribution in [0.2, 0.25) is 0 Å². The van der Waals surface area contributed by atoms with Gasteiger partial charge in [0.1, 0.15) is 0 Å². The molecule has 1 aromatic rings. The highest BCUT2D eigenvalue weighted by Gasteiger charge is 2.06. The van der Waals surface area contributed by atoms with E-state index < -0.39 is 0 Å². The van der Waals surface area contributed by atoms with Crippen LogP contribution in [-0.2, 0) is 0 Å². The Morgan fingerprint density at radius 1 is 1.17 bits per heavy atom. The number of hydrogen-bond donors (Lipinski definition) is 0. The molecule has 1 aliphatic rings. The number of hydrogen-bond acceptors (Lipinski definition) is 1. The highest BCUT2D eigenvalue weighted by Crippen LogP contribution is 2.27. The second-order valence-electron chi connectivity index (χ2n) is 2.98. The molecule has 1 nitrogen and oxygen atoms in total. The molecule has 0 spiro atoms. The predicted octanol–water partition coefficient (Wildman–Crippen LogP) is 2.82. The number of aromatic nitrogens is 1. The maximum Gasteiger partial charge on any atom is 0.0273 e. The molecule has 60 valence electrons. The van der Waals surface area contributed by atoms with Gasteiger partial charge in [-0.05, 0) is 42.2 Å². The van der Waals surface area contributed by atoms with E-state index in [0.717, 1.165) is 6.42 Å². The van der Waals surface area contributed by atoms with E-state index in [1.807, 2.05) is 12.4 Å². The lowest BCUT2D eigenvalue weighted by molar-refractivity contribution is 1.31. The molecule has 0 atom stereocenters. The fraction of sp³-hybridized carbons (Fsp3) is 0.182. The van der Waals surface area contributed by atoms with Crippen LogP contribution in [0.1, 0.15) is 18.9 Å². The van der Waals surface area contributed by atoms with E-state index in [0.29, 0.717) is 0 Å². The van der Waals surface area contributed by atoms with Crippen LogP contribution >= 0.6 is 0 Å². The van der Waals surface area contributed by atoms with Crippen molar-refractivity contribution in [2.45, 2.75) is 13.3 Å². The lowest BCUT2D eigenvalue weighted by Crippen LogP contribution is -1.82. The van der Waals surface area contributed by atoms with Gasteiger partial charge in [-0.15, -0.1) is 0 Å². The summed E-state index contributed by atoms with van der Waals surface area (Å²) in [6.07, 6.45) is 9.24. The summed E-state index contributed by atoms with van der Waals surface area (Å²) in [5.74, 6) is 0. The number of allylic oxidation sites excluding steroid dienone is 4. The van der Waals surface area contributed by atoms with Crippen LogP contribution in [0.15, 0.2) is 42.3 Å². The minimum atomic E-state index is 1.07.